The van der Waals surface area contributed by atoms with E-state index in [2.05, 4.69) is 15.9 Å². The Bertz CT molecular complexity index is 857. The van der Waals surface area contributed by atoms with Gasteiger partial charge in [-0.05, 0) is 40.5 Å². The van der Waals surface area contributed by atoms with E-state index >= 15 is 0 Å². The number of hydrogen-bond donors (Lipinski definition) is 0. The van der Waals surface area contributed by atoms with E-state index in [1.807, 2.05) is 24.0 Å². The highest BCUT2D eigenvalue weighted by molar-refractivity contribution is 9.10. The van der Waals surface area contributed by atoms with Gasteiger partial charge in [0.2, 0.25) is 5.95 Å². The highest BCUT2D eigenvalue weighted by Gasteiger charge is 2.24. The zero-order chi connectivity index (χ0) is 17.4. The van der Waals surface area contributed by atoms with Crippen molar-refractivity contribution < 1.29 is 9.53 Å². The summed E-state index contributed by atoms with van der Waals surface area (Å²) in [6, 6.07) is 3.81. The second-order valence-corrected chi connectivity index (χ2v) is 6.72. The van der Waals surface area contributed by atoms with Crippen molar-refractivity contribution in [1.29, 1.82) is 0 Å². The van der Waals surface area contributed by atoms with E-state index in [0.717, 1.165) is 10.0 Å². The summed E-state index contributed by atoms with van der Waals surface area (Å²) in [4.78, 5) is 32.7. The molecule has 24 heavy (non-hydrogen) atoms. The van der Waals surface area contributed by atoms with Crippen LogP contribution in [-0.4, -0.2) is 53.8 Å². The number of ether oxygens (including phenoxy) is 1. The first-order chi connectivity index (χ1) is 11.4. The largest absolute Gasteiger partial charge is 0.453 e. The van der Waals surface area contributed by atoms with Crippen molar-refractivity contribution in [1.82, 2.24) is 14.5 Å². The van der Waals surface area contributed by atoms with Gasteiger partial charge in [-0.1, -0.05) is 0 Å². The van der Waals surface area contributed by atoms with Crippen LogP contribution in [0.2, 0.25) is 0 Å². The molecule has 8 heteroatoms. The Morgan fingerprint density at radius 1 is 1.25 bits per heavy atom. The second-order valence-electron chi connectivity index (χ2n) is 5.86. The Kier molecular flexibility index (Phi) is 4.49. The molecule has 1 aliphatic heterocycles. The molecule has 0 radical (unpaired) electrons. The molecule has 0 saturated carbocycles. The smallest absolute Gasteiger partial charge is 0.409 e. The van der Waals surface area contributed by atoms with Crippen LogP contribution in [0.25, 0.3) is 10.9 Å². The molecule has 7 nitrogen and oxygen atoms in total. The topological polar surface area (TPSA) is 67.7 Å². The number of amides is 1. The van der Waals surface area contributed by atoms with Crippen molar-refractivity contribution in [3.05, 3.63) is 32.5 Å². The van der Waals surface area contributed by atoms with Crippen LogP contribution in [0.4, 0.5) is 10.7 Å². The molecular weight excluding hydrogens is 376 g/mol. The van der Waals surface area contributed by atoms with Gasteiger partial charge in [-0.3, -0.25) is 9.36 Å². The first kappa shape index (κ1) is 16.8. The molecule has 2 heterocycles. The summed E-state index contributed by atoms with van der Waals surface area (Å²) in [6.45, 7) is 4.23. The summed E-state index contributed by atoms with van der Waals surface area (Å²) in [7, 11) is 3.11. The van der Waals surface area contributed by atoms with E-state index in [0.29, 0.717) is 43.0 Å². The first-order valence-corrected chi connectivity index (χ1v) is 8.46. The second kappa shape index (κ2) is 6.43. The monoisotopic (exact) mass is 394 g/mol. The summed E-state index contributed by atoms with van der Waals surface area (Å²) < 4.78 is 7.13. The van der Waals surface area contributed by atoms with Gasteiger partial charge in [0, 0.05) is 37.7 Å². The lowest BCUT2D eigenvalue weighted by Crippen LogP contribution is -2.50. The number of anilines is 1. The van der Waals surface area contributed by atoms with Crippen LogP contribution in [0.3, 0.4) is 0 Å². The maximum atomic E-state index is 12.7. The van der Waals surface area contributed by atoms with Crippen molar-refractivity contribution in [2.45, 2.75) is 6.92 Å². The van der Waals surface area contributed by atoms with Crippen LogP contribution in [-0.2, 0) is 11.8 Å². The van der Waals surface area contributed by atoms with E-state index in [4.69, 9.17) is 9.72 Å². The molecule has 0 atom stereocenters. The SMILES string of the molecule is COC(=O)N1CCN(c2nc3c(Br)cc(C)cc3c(=O)n2C)CC1. The van der Waals surface area contributed by atoms with Gasteiger partial charge in [0.25, 0.3) is 5.56 Å². The molecule has 1 aliphatic rings. The number of carbonyl (C=O) groups excluding carboxylic acids is 1. The van der Waals surface area contributed by atoms with Gasteiger partial charge in [-0.15, -0.1) is 0 Å². The molecule has 1 fully saturated rings. The lowest BCUT2D eigenvalue weighted by atomic mass is 10.1. The first-order valence-electron chi connectivity index (χ1n) is 7.67. The summed E-state index contributed by atoms with van der Waals surface area (Å²) in [5, 5.41) is 0.598. The molecule has 0 aliphatic carbocycles. The Balaban J connectivity index is 1.98. The fraction of sp³-hybridized carbons (Fsp3) is 0.438. The van der Waals surface area contributed by atoms with Gasteiger partial charge in [0.15, 0.2) is 0 Å². The fourth-order valence-electron chi connectivity index (χ4n) is 2.96. The summed E-state index contributed by atoms with van der Waals surface area (Å²) in [6.07, 6.45) is -0.326. The van der Waals surface area contributed by atoms with Crippen LogP contribution in [0, 0.1) is 6.92 Å². The minimum absolute atomic E-state index is 0.0743. The van der Waals surface area contributed by atoms with Gasteiger partial charge in [0.05, 0.1) is 18.0 Å². The Hall–Kier alpha value is -2.09. The number of nitrogens with zero attached hydrogens (tertiary/aromatic N) is 4. The number of aryl methyl sites for hydroxylation is 1. The number of hydrogen-bond acceptors (Lipinski definition) is 5. The zero-order valence-corrected chi connectivity index (χ0v) is 15.5. The number of piperazine rings is 1. The van der Waals surface area contributed by atoms with Gasteiger partial charge >= 0.3 is 6.09 Å². The third-order valence-corrected chi connectivity index (χ3v) is 4.85. The number of halogens is 1. The zero-order valence-electron chi connectivity index (χ0n) is 13.9. The Labute approximate surface area is 147 Å². The normalized spacial score (nSPS) is 15.0. The number of methoxy groups -OCH3 is 1. The molecule has 0 bridgehead atoms. The Morgan fingerprint density at radius 2 is 1.92 bits per heavy atom. The quantitative estimate of drug-likeness (QED) is 0.738. The number of rotatable bonds is 1. The molecular formula is C16H19BrN4O3. The molecule has 1 aromatic carbocycles. The van der Waals surface area contributed by atoms with Crippen LogP contribution >= 0.6 is 15.9 Å². The van der Waals surface area contributed by atoms with Gasteiger partial charge in [-0.2, -0.15) is 0 Å². The standard InChI is InChI=1S/C16H19BrN4O3/c1-10-8-11-13(12(17)9-10)18-15(19(2)14(11)22)20-4-6-21(7-5-20)16(23)24-3/h8-9H,4-7H2,1-3H3. The molecule has 1 aromatic heterocycles. The van der Waals surface area contributed by atoms with Crippen LogP contribution in [0.15, 0.2) is 21.4 Å². The minimum Gasteiger partial charge on any atom is -0.453 e. The van der Waals surface area contributed by atoms with Crippen molar-refractivity contribution >= 4 is 38.9 Å². The van der Waals surface area contributed by atoms with E-state index < -0.39 is 0 Å². The molecule has 2 aromatic rings. The average molecular weight is 395 g/mol. The summed E-state index contributed by atoms with van der Waals surface area (Å²) in [5.41, 5.74) is 1.59. The number of benzene rings is 1. The van der Waals surface area contributed by atoms with Crippen LogP contribution in [0.1, 0.15) is 5.56 Å². The van der Waals surface area contributed by atoms with Gasteiger partial charge in [0.1, 0.15) is 0 Å². The molecule has 1 amide bonds. The van der Waals surface area contributed by atoms with Crippen molar-refractivity contribution in [3.63, 3.8) is 0 Å². The van der Waals surface area contributed by atoms with Crippen LogP contribution < -0.4 is 10.5 Å². The van der Waals surface area contributed by atoms with Crippen molar-refractivity contribution in [2.24, 2.45) is 7.05 Å². The minimum atomic E-state index is -0.326. The lowest BCUT2D eigenvalue weighted by Gasteiger charge is -2.35. The lowest BCUT2D eigenvalue weighted by molar-refractivity contribution is 0.121. The maximum Gasteiger partial charge on any atom is 0.409 e. The molecule has 0 spiro atoms. The predicted octanol–water partition coefficient (Wildman–Crippen LogP) is 1.89. The summed E-state index contributed by atoms with van der Waals surface area (Å²) in [5.74, 6) is 0.613. The van der Waals surface area contributed by atoms with E-state index in [1.165, 1.54) is 7.11 Å². The molecule has 3 rings (SSSR count). The maximum absolute atomic E-state index is 12.7. The van der Waals surface area contributed by atoms with Gasteiger partial charge in [-0.25, -0.2) is 9.78 Å². The third-order valence-electron chi connectivity index (χ3n) is 4.25. The highest BCUT2D eigenvalue weighted by Crippen LogP contribution is 2.24. The Morgan fingerprint density at radius 3 is 2.54 bits per heavy atom. The molecule has 1 saturated heterocycles. The molecule has 128 valence electrons. The van der Waals surface area contributed by atoms with Crippen molar-refractivity contribution in [3.8, 4) is 0 Å². The fourth-order valence-corrected chi connectivity index (χ4v) is 3.62. The van der Waals surface area contributed by atoms with Crippen molar-refractivity contribution in [2.75, 3.05) is 38.2 Å². The third kappa shape index (κ3) is 2.86. The van der Waals surface area contributed by atoms with E-state index in [-0.39, 0.29) is 11.7 Å². The average Bonchev–Trinajstić information content (AvgIpc) is 2.58. The number of fused-ring (bicyclic) bond motifs is 1. The number of carbonyl (C=O) groups is 1. The predicted molar refractivity (Wildman–Crippen MR) is 95.6 cm³/mol. The van der Waals surface area contributed by atoms with E-state index in [1.54, 1.807) is 16.5 Å². The number of aromatic nitrogens is 2. The molecule has 0 N–H and O–H groups in total. The van der Waals surface area contributed by atoms with Crippen LogP contribution in [0.5, 0.6) is 0 Å². The highest BCUT2D eigenvalue weighted by atomic mass is 79.9. The van der Waals surface area contributed by atoms with E-state index in [9.17, 15) is 9.59 Å². The summed E-state index contributed by atoms with van der Waals surface area (Å²) >= 11 is 3.50. The van der Waals surface area contributed by atoms with Gasteiger partial charge < -0.3 is 14.5 Å². The molecule has 0 unspecified atom stereocenters.